The number of ether oxygens (including phenoxy) is 1. The molecular formula is C24H26N2O4. The summed E-state index contributed by atoms with van der Waals surface area (Å²) in [6, 6.07) is 27.9. The number of benzene rings is 3. The monoisotopic (exact) mass is 406 g/mol. The number of rotatable bonds is 8. The molecule has 156 valence electrons. The number of carboxylic acid groups (broad SMARTS) is 1. The Kier molecular flexibility index (Phi) is 9.62. The average Bonchev–Trinajstić information content (AvgIpc) is 2.79. The first-order chi connectivity index (χ1) is 14.7. The lowest BCUT2D eigenvalue weighted by molar-refractivity contribution is -0.123. The summed E-state index contributed by atoms with van der Waals surface area (Å²) in [5.41, 5.74) is 8.52. The van der Waals surface area contributed by atoms with Gasteiger partial charge in [0.2, 0.25) is 5.91 Å². The molecule has 4 N–H and O–H groups in total. The van der Waals surface area contributed by atoms with E-state index < -0.39 is 0 Å². The van der Waals surface area contributed by atoms with E-state index in [9.17, 15) is 4.79 Å². The van der Waals surface area contributed by atoms with Gasteiger partial charge in [-0.25, -0.2) is 0 Å². The number of hydrogen-bond acceptors (Lipinski definition) is 4. The third-order valence-corrected chi connectivity index (χ3v) is 4.21. The van der Waals surface area contributed by atoms with Gasteiger partial charge in [-0.3, -0.25) is 9.59 Å². The van der Waals surface area contributed by atoms with Crippen LogP contribution >= 0.6 is 0 Å². The summed E-state index contributed by atoms with van der Waals surface area (Å²) in [4.78, 5) is 20.2. The molecule has 3 aromatic carbocycles. The van der Waals surface area contributed by atoms with Crippen molar-refractivity contribution in [2.45, 2.75) is 12.5 Å². The van der Waals surface area contributed by atoms with Gasteiger partial charge < -0.3 is 20.9 Å². The second-order valence-corrected chi connectivity index (χ2v) is 6.38. The minimum Gasteiger partial charge on any atom is -0.483 e. The van der Waals surface area contributed by atoms with Gasteiger partial charge in [0, 0.05) is 13.1 Å². The minimum atomic E-state index is -0.250. The number of carbonyl (C=O) groups is 2. The van der Waals surface area contributed by atoms with Gasteiger partial charge >= 0.3 is 0 Å². The predicted molar refractivity (Wildman–Crippen MR) is 116 cm³/mol. The molecule has 6 nitrogen and oxygen atoms in total. The van der Waals surface area contributed by atoms with Crippen molar-refractivity contribution in [3.63, 3.8) is 0 Å². The Balaban J connectivity index is 0.00000101. The molecule has 30 heavy (non-hydrogen) atoms. The highest BCUT2D eigenvalue weighted by atomic mass is 16.5. The van der Waals surface area contributed by atoms with Crippen LogP contribution in [0.4, 0.5) is 0 Å². The fourth-order valence-corrected chi connectivity index (χ4v) is 2.87. The van der Waals surface area contributed by atoms with E-state index in [2.05, 4.69) is 29.6 Å². The quantitative estimate of drug-likeness (QED) is 0.499. The standard InChI is InChI=1S/C23H24N2O2.CH2O2/c24-15-16-25-22(26)17-18-11-13-21(14-12-18)27-23(19-7-3-1-4-8-19)20-9-5-2-6-10-20;2-1-3/h1-14,23H,15-17,24H2,(H,25,26);1H,(H,2,3). The zero-order valence-corrected chi connectivity index (χ0v) is 16.6. The third-order valence-electron chi connectivity index (χ3n) is 4.21. The van der Waals surface area contributed by atoms with Crippen molar-refractivity contribution in [2.24, 2.45) is 5.73 Å². The van der Waals surface area contributed by atoms with Gasteiger partial charge in [0.1, 0.15) is 11.9 Å². The summed E-state index contributed by atoms with van der Waals surface area (Å²) in [6.45, 7) is 0.689. The predicted octanol–water partition coefficient (Wildman–Crippen LogP) is 3.17. The summed E-state index contributed by atoms with van der Waals surface area (Å²) in [5.74, 6) is 0.736. The van der Waals surface area contributed by atoms with E-state index in [1.807, 2.05) is 60.7 Å². The van der Waals surface area contributed by atoms with Crippen molar-refractivity contribution < 1.29 is 19.4 Å². The van der Waals surface area contributed by atoms with Crippen LogP contribution in [0.2, 0.25) is 0 Å². The lowest BCUT2D eigenvalue weighted by Crippen LogP contribution is -2.30. The first-order valence-electron chi connectivity index (χ1n) is 9.58. The van der Waals surface area contributed by atoms with Crippen LogP contribution in [0.1, 0.15) is 22.8 Å². The minimum absolute atomic E-state index is 0.0273. The van der Waals surface area contributed by atoms with E-state index in [0.717, 1.165) is 22.4 Å². The van der Waals surface area contributed by atoms with Crippen molar-refractivity contribution in [1.29, 1.82) is 0 Å². The highest BCUT2D eigenvalue weighted by Crippen LogP contribution is 2.28. The largest absolute Gasteiger partial charge is 0.483 e. The Morgan fingerprint density at radius 3 is 1.90 bits per heavy atom. The van der Waals surface area contributed by atoms with Crippen molar-refractivity contribution >= 4 is 12.4 Å². The highest BCUT2D eigenvalue weighted by Gasteiger charge is 2.15. The van der Waals surface area contributed by atoms with Gasteiger partial charge in [-0.2, -0.15) is 0 Å². The zero-order valence-electron chi connectivity index (χ0n) is 16.6. The first kappa shape index (κ1) is 22.6. The van der Waals surface area contributed by atoms with E-state index in [1.54, 1.807) is 0 Å². The van der Waals surface area contributed by atoms with Gasteiger partial charge in [0.05, 0.1) is 6.42 Å². The van der Waals surface area contributed by atoms with E-state index >= 15 is 0 Å². The van der Waals surface area contributed by atoms with Gasteiger partial charge in [-0.1, -0.05) is 72.8 Å². The van der Waals surface area contributed by atoms with Crippen LogP contribution in [0.3, 0.4) is 0 Å². The number of hydrogen-bond donors (Lipinski definition) is 3. The van der Waals surface area contributed by atoms with Gasteiger partial charge in [0.25, 0.3) is 6.47 Å². The zero-order chi connectivity index (χ0) is 21.6. The van der Waals surface area contributed by atoms with E-state index in [1.165, 1.54) is 0 Å². The van der Waals surface area contributed by atoms with Crippen molar-refractivity contribution in [2.75, 3.05) is 13.1 Å². The molecule has 0 fully saturated rings. The van der Waals surface area contributed by atoms with Crippen LogP contribution in [0.15, 0.2) is 84.9 Å². The van der Waals surface area contributed by atoms with Crippen LogP contribution in [0.5, 0.6) is 5.75 Å². The summed E-state index contributed by atoms with van der Waals surface area (Å²) in [6.07, 6.45) is 0.146. The Bertz CT molecular complexity index is 845. The second-order valence-electron chi connectivity index (χ2n) is 6.38. The molecule has 0 aliphatic heterocycles. The van der Waals surface area contributed by atoms with Crippen LogP contribution < -0.4 is 15.8 Å². The molecule has 1 amide bonds. The highest BCUT2D eigenvalue weighted by molar-refractivity contribution is 5.78. The van der Waals surface area contributed by atoms with Crippen LogP contribution in [-0.2, 0) is 16.0 Å². The number of nitrogens with two attached hydrogens (primary N) is 1. The van der Waals surface area contributed by atoms with Crippen LogP contribution in [0, 0.1) is 0 Å². The fraction of sp³-hybridized carbons (Fsp3) is 0.167. The van der Waals surface area contributed by atoms with Crippen molar-refractivity contribution in [3.05, 3.63) is 102 Å². The molecule has 0 aromatic heterocycles. The van der Waals surface area contributed by atoms with E-state index in [0.29, 0.717) is 19.5 Å². The maximum absolute atomic E-state index is 11.8. The van der Waals surface area contributed by atoms with Crippen LogP contribution in [0.25, 0.3) is 0 Å². The molecule has 0 aliphatic rings. The van der Waals surface area contributed by atoms with Crippen molar-refractivity contribution in [1.82, 2.24) is 5.32 Å². The smallest absolute Gasteiger partial charge is 0.290 e. The lowest BCUT2D eigenvalue weighted by Gasteiger charge is -2.20. The van der Waals surface area contributed by atoms with Crippen LogP contribution in [-0.4, -0.2) is 30.6 Å². The molecule has 0 unspecified atom stereocenters. The number of carbonyl (C=O) groups excluding carboxylic acids is 1. The molecule has 0 aliphatic carbocycles. The number of amides is 1. The van der Waals surface area contributed by atoms with E-state index in [4.69, 9.17) is 20.4 Å². The van der Waals surface area contributed by atoms with E-state index in [-0.39, 0.29) is 18.5 Å². The molecule has 0 bridgehead atoms. The van der Waals surface area contributed by atoms with Gasteiger partial charge in [0.15, 0.2) is 0 Å². The Hall–Kier alpha value is -3.64. The third kappa shape index (κ3) is 7.41. The summed E-state index contributed by atoms with van der Waals surface area (Å²) >= 11 is 0. The summed E-state index contributed by atoms with van der Waals surface area (Å²) < 4.78 is 6.29. The summed E-state index contributed by atoms with van der Waals surface area (Å²) in [7, 11) is 0. The second kappa shape index (κ2) is 12.7. The Morgan fingerprint density at radius 1 is 0.933 bits per heavy atom. The maximum atomic E-state index is 11.8. The molecule has 0 saturated carbocycles. The first-order valence-corrected chi connectivity index (χ1v) is 9.58. The van der Waals surface area contributed by atoms with Crippen molar-refractivity contribution in [3.8, 4) is 5.75 Å². The normalized spacial score (nSPS) is 9.93. The topological polar surface area (TPSA) is 102 Å². The average molecular weight is 406 g/mol. The fourth-order valence-electron chi connectivity index (χ4n) is 2.87. The maximum Gasteiger partial charge on any atom is 0.290 e. The molecule has 0 radical (unpaired) electrons. The van der Waals surface area contributed by atoms with Gasteiger partial charge in [-0.05, 0) is 28.8 Å². The Labute approximate surface area is 176 Å². The molecule has 0 spiro atoms. The Morgan fingerprint density at radius 2 is 1.43 bits per heavy atom. The molecule has 3 aromatic rings. The molecule has 0 atom stereocenters. The lowest BCUT2D eigenvalue weighted by atomic mass is 10.0. The molecular weight excluding hydrogens is 380 g/mol. The SMILES string of the molecule is NCCNC(=O)Cc1ccc(OC(c2ccccc2)c2ccccc2)cc1.O=CO. The molecule has 6 heteroatoms. The van der Waals surface area contributed by atoms with Gasteiger partial charge in [-0.15, -0.1) is 0 Å². The molecule has 0 heterocycles. The molecule has 3 rings (SSSR count). The summed E-state index contributed by atoms with van der Waals surface area (Å²) in [5, 5.41) is 9.66. The molecule has 0 saturated heterocycles. The number of nitrogens with one attached hydrogen (secondary N) is 1.